The second kappa shape index (κ2) is 9.09. The molecule has 0 saturated carbocycles. The molecule has 0 atom stereocenters. The zero-order valence-corrected chi connectivity index (χ0v) is 13.4. The summed E-state index contributed by atoms with van der Waals surface area (Å²) in [5, 5.41) is 11.4. The van der Waals surface area contributed by atoms with Gasteiger partial charge in [-0.2, -0.15) is 5.26 Å². The quantitative estimate of drug-likeness (QED) is 0.641. The molecule has 0 aliphatic heterocycles. The zero-order valence-electron chi connectivity index (χ0n) is 13.4. The zero-order chi connectivity index (χ0) is 18.1. The third-order valence-corrected chi connectivity index (χ3v) is 2.92. The minimum absolute atomic E-state index is 0.0397. The number of nitrogens with one attached hydrogen (secondary N) is 1. The molecule has 3 N–H and O–H groups in total. The first kappa shape index (κ1) is 18.9. The van der Waals surface area contributed by atoms with Crippen LogP contribution in [0.2, 0.25) is 0 Å². The van der Waals surface area contributed by atoms with Gasteiger partial charge in [0.2, 0.25) is 5.88 Å². The van der Waals surface area contributed by atoms with E-state index in [9.17, 15) is 14.4 Å². The summed E-state index contributed by atoms with van der Waals surface area (Å²) < 4.78 is 9.61. The van der Waals surface area contributed by atoms with Crippen LogP contribution in [-0.2, 0) is 14.3 Å². The molecule has 0 spiro atoms. The van der Waals surface area contributed by atoms with Gasteiger partial charge in [0, 0.05) is 6.42 Å². The maximum absolute atomic E-state index is 12.0. The van der Waals surface area contributed by atoms with Gasteiger partial charge in [0.05, 0.1) is 32.4 Å². The fraction of sp³-hybridized carbons (Fsp3) is 0.400. The Hall–Kier alpha value is -3.15. The van der Waals surface area contributed by atoms with Gasteiger partial charge >= 0.3 is 5.97 Å². The molecule has 0 fully saturated rings. The van der Waals surface area contributed by atoms with Crippen LogP contribution in [-0.4, -0.2) is 42.9 Å². The van der Waals surface area contributed by atoms with Crippen molar-refractivity contribution >= 4 is 23.3 Å². The van der Waals surface area contributed by atoms with Crippen LogP contribution < -0.4 is 15.8 Å². The maximum Gasteiger partial charge on any atom is 0.305 e. The maximum atomic E-state index is 12.0. The number of hydrogen-bond donors (Lipinski definition) is 2. The van der Waals surface area contributed by atoms with Crippen molar-refractivity contribution < 1.29 is 23.9 Å². The lowest BCUT2D eigenvalue weighted by atomic mass is 10.2. The Morgan fingerprint density at radius 3 is 2.67 bits per heavy atom. The lowest BCUT2D eigenvalue weighted by molar-refractivity contribution is -0.141. The molecule has 1 aromatic rings. The summed E-state index contributed by atoms with van der Waals surface area (Å²) in [6.45, 7) is 1.69. The topological polar surface area (TPSA) is 144 Å². The Bertz CT molecular complexity index is 681. The number of nitrogens with two attached hydrogens (primary N) is 1. The molecule has 1 heterocycles. The number of Topliss-reactive ketones (excluding diaryl/α,β-unsaturated/α-hetero) is 1. The van der Waals surface area contributed by atoms with Crippen LogP contribution in [0.3, 0.4) is 0 Å². The van der Waals surface area contributed by atoms with Gasteiger partial charge < -0.3 is 20.5 Å². The number of rotatable bonds is 8. The lowest BCUT2D eigenvalue weighted by Crippen LogP contribution is -2.30. The first-order valence-corrected chi connectivity index (χ1v) is 7.13. The molecule has 1 aromatic heterocycles. The van der Waals surface area contributed by atoms with E-state index in [2.05, 4.69) is 15.0 Å². The van der Waals surface area contributed by atoms with Crippen molar-refractivity contribution in [2.45, 2.75) is 19.8 Å². The summed E-state index contributed by atoms with van der Waals surface area (Å²) in [5.41, 5.74) is 5.74. The van der Waals surface area contributed by atoms with Crippen molar-refractivity contribution in [1.82, 2.24) is 10.3 Å². The first-order valence-electron chi connectivity index (χ1n) is 7.13. The number of anilines is 1. The minimum atomic E-state index is -0.640. The predicted molar refractivity (Wildman–Crippen MR) is 83.1 cm³/mol. The number of methoxy groups -OCH3 is 1. The number of carbonyl (C=O) groups is 3. The van der Waals surface area contributed by atoms with Crippen LogP contribution in [0, 0.1) is 11.3 Å². The summed E-state index contributed by atoms with van der Waals surface area (Å²) in [6.07, 6.45) is -0.0954. The number of nitrogens with zero attached hydrogens (tertiary/aromatic N) is 2. The highest BCUT2D eigenvalue weighted by Gasteiger charge is 2.17. The monoisotopic (exact) mass is 334 g/mol. The molecule has 0 unspecified atom stereocenters. The highest BCUT2D eigenvalue weighted by atomic mass is 16.5. The summed E-state index contributed by atoms with van der Waals surface area (Å²) in [6, 6.07) is 3.09. The third-order valence-electron chi connectivity index (χ3n) is 2.92. The molecule has 9 heteroatoms. The summed E-state index contributed by atoms with van der Waals surface area (Å²) in [5.74, 6) is -1.52. The molecule has 128 valence electrons. The van der Waals surface area contributed by atoms with E-state index in [1.807, 2.05) is 6.07 Å². The van der Waals surface area contributed by atoms with Gasteiger partial charge in [-0.05, 0) is 13.0 Å². The van der Waals surface area contributed by atoms with Gasteiger partial charge in [0.15, 0.2) is 5.78 Å². The number of nitriles is 1. The second-order valence-corrected chi connectivity index (χ2v) is 4.62. The van der Waals surface area contributed by atoms with E-state index in [1.165, 1.54) is 13.2 Å². The molecule has 9 nitrogen and oxygen atoms in total. The highest BCUT2D eigenvalue weighted by molar-refractivity contribution is 5.96. The Balaban J connectivity index is 2.73. The Kier molecular flexibility index (Phi) is 7.16. The number of hydrogen-bond acceptors (Lipinski definition) is 8. The number of pyridine rings is 1. The minimum Gasteiger partial charge on any atom is -0.477 e. The lowest BCUT2D eigenvalue weighted by Gasteiger charge is -2.09. The average Bonchev–Trinajstić information content (AvgIpc) is 2.57. The standard InChI is InChI=1S/C15H18N4O5/c1-3-24-15-10(7-16)11(17)6-12(19-15)14(22)18-8-9(20)4-5-13(21)23-2/h6H,3-5,8H2,1-2H3,(H2,17,19)(H,18,22). The Morgan fingerprint density at radius 2 is 2.08 bits per heavy atom. The van der Waals surface area contributed by atoms with E-state index in [-0.39, 0.29) is 54.6 Å². The summed E-state index contributed by atoms with van der Waals surface area (Å²) >= 11 is 0. The second-order valence-electron chi connectivity index (χ2n) is 4.62. The van der Waals surface area contributed by atoms with Crippen molar-refractivity contribution in [2.24, 2.45) is 0 Å². The SMILES string of the molecule is CCOc1nc(C(=O)NCC(=O)CCC(=O)OC)cc(N)c1C#N. The predicted octanol–water partition coefficient (Wildman–Crippen LogP) is 0.186. The van der Waals surface area contributed by atoms with Gasteiger partial charge in [-0.15, -0.1) is 0 Å². The van der Waals surface area contributed by atoms with Crippen molar-refractivity contribution in [3.63, 3.8) is 0 Å². The van der Waals surface area contributed by atoms with Crippen molar-refractivity contribution in [2.75, 3.05) is 26.0 Å². The van der Waals surface area contributed by atoms with Crippen molar-refractivity contribution in [3.05, 3.63) is 17.3 Å². The van der Waals surface area contributed by atoms with Crippen molar-refractivity contribution in [1.29, 1.82) is 5.26 Å². The van der Waals surface area contributed by atoms with Crippen LogP contribution in [0.4, 0.5) is 5.69 Å². The normalized spacial score (nSPS) is 9.71. The van der Waals surface area contributed by atoms with Gasteiger partial charge in [0.1, 0.15) is 17.3 Å². The van der Waals surface area contributed by atoms with E-state index in [1.54, 1.807) is 6.92 Å². The van der Waals surface area contributed by atoms with Gasteiger partial charge in [-0.1, -0.05) is 0 Å². The molecule has 1 rings (SSSR count). The average molecular weight is 334 g/mol. The molecule has 24 heavy (non-hydrogen) atoms. The third kappa shape index (κ3) is 5.24. The van der Waals surface area contributed by atoms with Crippen LogP contribution in [0.25, 0.3) is 0 Å². The Labute approximate surface area is 138 Å². The van der Waals surface area contributed by atoms with E-state index in [0.29, 0.717) is 0 Å². The molecule has 0 aliphatic rings. The van der Waals surface area contributed by atoms with E-state index in [4.69, 9.17) is 15.7 Å². The number of carbonyl (C=O) groups excluding carboxylic acids is 3. The molecule has 0 aromatic carbocycles. The van der Waals surface area contributed by atoms with Crippen LogP contribution in [0.15, 0.2) is 6.07 Å². The van der Waals surface area contributed by atoms with E-state index < -0.39 is 11.9 Å². The van der Waals surface area contributed by atoms with Gasteiger partial charge in [-0.3, -0.25) is 14.4 Å². The Morgan fingerprint density at radius 1 is 1.38 bits per heavy atom. The van der Waals surface area contributed by atoms with E-state index in [0.717, 1.165) is 0 Å². The fourth-order valence-electron chi connectivity index (χ4n) is 1.71. The number of nitrogen functional groups attached to an aromatic ring is 1. The number of aromatic nitrogens is 1. The number of amides is 1. The molecule has 0 aliphatic carbocycles. The van der Waals surface area contributed by atoms with Gasteiger partial charge in [-0.25, -0.2) is 4.98 Å². The van der Waals surface area contributed by atoms with Gasteiger partial charge in [0.25, 0.3) is 5.91 Å². The molecule has 0 radical (unpaired) electrons. The molecular formula is C15H18N4O5. The fourth-order valence-corrected chi connectivity index (χ4v) is 1.71. The molecule has 0 bridgehead atoms. The van der Waals surface area contributed by atoms with Crippen LogP contribution >= 0.6 is 0 Å². The highest BCUT2D eigenvalue weighted by Crippen LogP contribution is 2.22. The number of esters is 1. The number of ketones is 1. The summed E-state index contributed by atoms with van der Waals surface area (Å²) in [4.78, 5) is 38.5. The molecule has 0 saturated heterocycles. The largest absolute Gasteiger partial charge is 0.477 e. The molecular weight excluding hydrogens is 316 g/mol. The van der Waals surface area contributed by atoms with Crippen LogP contribution in [0.1, 0.15) is 35.8 Å². The number of ether oxygens (including phenoxy) is 2. The summed E-state index contributed by atoms with van der Waals surface area (Å²) in [7, 11) is 1.23. The van der Waals surface area contributed by atoms with Crippen LogP contribution in [0.5, 0.6) is 5.88 Å². The first-order chi connectivity index (χ1) is 11.4. The van der Waals surface area contributed by atoms with E-state index >= 15 is 0 Å². The molecule has 1 amide bonds. The smallest absolute Gasteiger partial charge is 0.305 e. The van der Waals surface area contributed by atoms with Crippen molar-refractivity contribution in [3.8, 4) is 11.9 Å².